The third kappa shape index (κ3) is 3.80. The zero-order valence-corrected chi connectivity index (χ0v) is 12.1. The number of hydrogen-bond donors (Lipinski definition) is 2. The first-order chi connectivity index (χ1) is 9.92. The van der Waals surface area contributed by atoms with Gasteiger partial charge in [0.1, 0.15) is 5.82 Å². The summed E-state index contributed by atoms with van der Waals surface area (Å²) in [4.78, 5) is 23.4. The van der Waals surface area contributed by atoms with E-state index in [1.54, 1.807) is 19.1 Å². The van der Waals surface area contributed by atoms with Crippen molar-refractivity contribution in [3.63, 3.8) is 0 Å². The van der Waals surface area contributed by atoms with Gasteiger partial charge in [-0.3, -0.25) is 9.59 Å². The van der Waals surface area contributed by atoms with Gasteiger partial charge in [0.05, 0.1) is 17.9 Å². The van der Waals surface area contributed by atoms with Gasteiger partial charge in [-0.1, -0.05) is 25.0 Å². The second-order valence-corrected chi connectivity index (χ2v) is 5.82. The number of aliphatic carboxylic acids is 1. The van der Waals surface area contributed by atoms with Gasteiger partial charge < -0.3 is 10.4 Å². The lowest BCUT2D eigenvalue weighted by atomic mass is 9.91. The predicted octanol–water partition coefficient (Wildman–Crippen LogP) is 2.83. The number of carbonyl (C=O) groups is 2. The van der Waals surface area contributed by atoms with Gasteiger partial charge in [-0.25, -0.2) is 4.39 Å². The van der Waals surface area contributed by atoms with Crippen molar-refractivity contribution >= 4 is 11.9 Å². The molecule has 2 N–H and O–H groups in total. The average molecular weight is 293 g/mol. The lowest BCUT2D eigenvalue weighted by Gasteiger charge is -2.30. The van der Waals surface area contributed by atoms with Crippen molar-refractivity contribution in [3.05, 3.63) is 35.6 Å². The molecule has 114 valence electrons. The first-order valence-corrected chi connectivity index (χ1v) is 7.21. The molecule has 0 heterocycles. The highest BCUT2D eigenvalue weighted by atomic mass is 19.1. The number of carboxylic acid groups (broad SMARTS) is 1. The van der Waals surface area contributed by atoms with Crippen molar-refractivity contribution in [1.29, 1.82) is 0 Å². The summed E-state index contributed by atoms with van der Waals surface area (Å²) in [6.45, 7) is 1.70. The minimum atomic E-state index is -0.907. The number of amides is 1. The molecule has 0 aliphatic heterocycles. The summed E-state index contributed by atoms with van der Waals surface area (Å²) in [5, 5.41) is 11.9. The molecule has 1 saturated carbocycles. The first-order valence-electron chi connectivity index (χ1n) is 7.21. The van der Waals surface area contributed by atoms with Gasteiger partial charge in [-0.05, 0) is 37.5 Å². The molecule has 21 heavy (non-hydrogen) atoms. The summed E-state index contributed by atoms with van der Waals surface area (Å²) in [5.41, 5.74) is -0.0548. The molecule has 2 rings (SSSR count). The van der Waals surface area contributed by atoms with Gasteiger partial charge in [0, 0.05) is 0 Å². The van der Waals surface area contributed by atoms with E-state index in [2.05, 4.69) is 5.32 Å². The first kappa shape index (κ1) is 15.5. The lowest BCUT2D eigenvalue weighted by Crippen LogP contribution is -2.49. The Balaban J connectivity index is 2.10. The Bertz CT molecular complexity index is 538. The lowest BCUT2D eigenvalue weighted by molar-refractivity contribution is -0.139. The Morgan fingerprint density at radius 1 is 1.38 bits per heavy atom. The third-order valence-corrected chi connectivity index (χ3v) is 4.18. The van der Waals surface area contributed by atoms with Gasteiger partial charge in [0.25, 0.3) is 0 Å². The standard InChI is InChI=1S/C16H20FNO3/c1-11(12-5-4-6-13(17)9-12)15(21)18-16(10-14(19)20)7-2-3-8-16/h4-6,9,11H,2-3,7-8,10H2,1H3,(H,18,21)(H,19,20). The molecule has 1 atom stereocenters. The van der Waals surface area contributed by atoms with Crippen LogP contribution in [0.15, 0.2) is 24.3 Å². The van der Waals surface area contributed by atoms with Crippen molar-refractivity contribution < 1.29 is 19.1 Å². The highest BCUT2D eigenvalue weighted by Gasteiger charge is 2.38. The number of carbonyl (C=O) groups excluding carboxylic acids is 1. The Morgan fingerprint density at radius 2 is 2.05 bits per heavy atom. The SMILES string of the molecule is CC(C(=O)NC1(CC(=O)O)CCCC1)c1cccc(F)c1. The number of halogens is 1. The summed E-state index contributed by atoms with van der Waals surface area (Å²) in [5.74, 6) is -2.04. The summed E-state index contributed by atoms with van der Waals surface area (Å²) in [7, 11) is 0. The zero-order valence-electron chi connectivity index (χ0n) is 12.1. The molecule has 0 bridgehead atoms. The number of carboxylic acids is 1. The molecule has 1 aromatic carbocycles. The smallest absolute Gasteiger partial charge is 0.305 e. The number of benzene rings is 1. The average Bonchev–Trinajstić information content (AvgIpc) is 2.85. The molecular formula is C16H20FNO3. The van der Waals surface area contributed by atoms with E-state index < -0.39 is 17.4 Å². The third-order valence-electron chi connectivity index (χ3n) is 4.18. The second-order valence-electron chi connectivity index (χ2n) is 5.82. The van der Waals surface area contributed by atoms with Gasteiger partial charge in [0.2, 0.25) is 5.91 Å². The summed E-state index contributed by atoms with van der Waals surface area (Å²) in [6.07, 6.45) is 3.14. The van der Waals surface area contributed by atoms with E-state index in [9.17, 15) is 14.0 Å². The van der Waals surface area contributed by atoms with E-state index in [1.807, 2.05) is 0 Å². The monoisotopic (exact) mass is 293 g/mol. The summed E-state index contributed by atoms with van der Waals surface area (Å²) in [6, 6.07) is 5.93. The van der Waals surface area contributed by atoms with Crippen molar-refractivity contribution in [1.82, 2.24) is 5.32 Å². The summed E-state index contributed by atoms with van der Waals surface area (Å²) >= 11 is 0. The molecule has 1 aliphatic rings. The van der Waals surface area contributed by atoms with Gasteiger partial charge in [-0.15, -0.1) is 0 Å². The zero-order chi connectivity index (χ0) is 15.5. The fourth-order valence-electron chi connectivity index (χ4n) is 2.98. The van der Waals surface area contributed by atoms with Crippen LogP contribution in [0.4, 0.5) is 4.39 Å². The molecule has 1 fully saturated rings. The molecule has 0 radical (unpaired) electrons. The number of rotatable bonds is 5. The van der Waals surface area contributed by atoms with E-state index >= 15 is 0 Å². The minimum Gasteiger partial charge on any atom is -0.481 e. The van der Waals surface area contributed by atoms with Crippen molar-refractivity contribution in [2.24, 2.45) is 0 Å². The molecule has 5 heteroatoms. The van der Waals surface area contributed by atoms with Crippen LogP contribution in [-0.2, 0) is 9.59 Å². The Labute approximate surface area is 123 Å². The maximum atomic E-state index is 13.2. The summed E-state index contributed by atoms with van der Waals surface area (Å²) < 4.78 is 13.2. The highest BCUT2D eigenvalue weighted by molar-refractivity contribution is 5.84. The van der Waals surface area contributed by atoms with Crippen LogP contribution in [-0.4, -0.2) is 22.5 Å². The fourth-order valence-corrected chi connectivity index (χ4v) is 2.98. The highest BCUT2D eigenvalue weighted by Crippen LogP contribution is 2.33. The van der Waals surface area contributed by atoms with Gasteiger partial charge in [-0.2, -0.15) is 0 Å². The molecule has 1 amide bonds. The van der Waals surface area contributed by atoms with Crippen LogP contribution >= 0.6 is 0 Å². The largest absolute Gasteiger partial charge is 0.481 e. The van der Waals surface area contributed by atoms with Crippen molar-refractivity contribution in [2.45, 2.75) is 50.5 Å². The normalized spacial score (nSPS) is 18.2. The molecule has 1 unspecified atom stereocenters. The molecule has 0 aromatic heterocycles. The van der Waals surface area contributed by atoms with E-state index in [4.69, 9.17) is 5.11 Å². The molecule has 1 aromatic rings. The van der Waals surface area contributed by atoms with Crippen LogP contribution in [0.3, 0.4) is 0 Å². The maximum absolute atomic E-state index is 13.2. The van der Waals surface area contributed by atoms with Crippen LogP contribution in [0, 0.1) is 5.82 Å². The molecule has 0 spiro atoms. The minimum absolute atomic E-state index is 0.0609. The molecule has 0 saturated heterocycles. The topological polar surface area (TPSA) is 66.4 Å². The van der Waals surface area contributed by atoms with E-state index in [0.717, 1.165) is 12.8 Å². The van der Waals surface area contributed by atoms with Crippen molar-refractivity contribution in [2.75, 3.05) is 0 Å². The fraction of sp³-hybridized carbons (Fsp3) is 0.500. The van der Waals surface area contributed by atoms with E-state index in [1.165, 1.54) is 12.1 Å². The van der Waals surface area contributed by atoms with Crippen LogP contribution in [0.2, 0.25) is 0 Å². The molecule has 1 aliphatic carbocycles. The Kier molecular flexibility index (Phi) is 4.60. The van der Waals surface area contributed by atoms with Crippen LogP contribution < -0.4 is 5.32 Å². The Morgan fingerprint density at radius 3 is 2.62 bits per heavy atom. The van der Waals surface area contributed by atoms with Crippen molar-refractivity contribution in [3.8, 4) is 0 Å². The predicted molar refractivity (Wildman–Crippen MR) is 76.4 cm³/mol. The van der Waals surface area contributed by atoms with Crippen LogP contribution in [0.1, 0.15) is 50.5 Å². The Hall–Kier alpha value is -1.91. The van der Waals surface area contributed by atoms with E-state index in [-0.39, 0.29) is 18.1 Å². The van der Waals surface area contributed by atoms with E-state index in [0.29, 0.717) is 18.4 Å². The number of nitrogens with one attached hydrogen (secondary N) is 1. The quantitative estimate of drug-likeness (QED) is 0.877. The van der Waals surface area contributed by atoms with Crippen LogP contribution in [0.25, 0.3) is 0 Å². The van der Waals surface area contributed by atoms with Crippen LogP contribution in [0.5, 0.6) is 0 Å². The van der Waals surface area contributed by atoms with Gasteiger partial charge >= 0.3 is 5.97 Å². The maximum Gasteiger partial charge on any atom is 0.305 e. The second kappa shape index (κ2) is 6.24. The van der Waals surface area contributed by atoms with Gasteiger partial charge in [0.15, 0.2) is 0 Å². The molecule has 4 nitrogen and oxygen atoms in total. The number of hydrogen-bond acceptors (Lipinski definition) is 2. The molecular weight excluding hydrogens is 273 g/mol.